The Morgan fingerprint density at radius 1 is 1.85 bits per heavy atom. The maximum Gasteiger partial charge on any atom is 0.342 e. The van der Waals surface area contributed by atoms with Crippen LogP contribution in [0.3, 0.4) is 0 Å². The second-order valence-electron chi connectivity index (χ2n) is 2.25. The number of hydrogen-bond donors (Lipinski definition) is 1. The van der Waals surface area contributed by atoms with Crippen LogP contribution >= 0.6 is 11.3 Å². The summed E-state index contributed by atoms with van der Waals surface area (Å²) < 4.78 is 4.80. The van der Waals surface area contributed by atoms with E-state index in [-0.39, 0.29) is 0 Å². The number of thiophene rings is 1. The van der Waals surface area contributed by atoms with Crippen molar-refractivity contribution in [2.45, 2.75) is 6.92 Å². The minimum Gasteiger partial charge on any atom is -0.462 e. The van der Waals surface area contributed by atoms with Crippen LogP contribution in [0.5, 0.6) is 0 Å². The molecular formula is C9H9NO2S. The molecule has 0 spiro atoms. The van der Waals surface area contributed by atoms with E-state index in [2.05, 4.69) is 5.92 Å². The van der Waals surface area contributed by atoms with Gasteiger partial charge in [0.1, 0.15) is 10.6 Å². The zero-order valence-electron chi connectivity index (χ0n) is 7.16. The van der Waals surface area contributed by atoms with E-state index in [1.807, 2.05) is 0 Å². The molecule has 0 amide bonds. The van der Waals surface area contributed by atoms with Gasteiger partial charge in [0.05, 0.1) is 12.2 Å². The lowest BCUT2D eigenvalue weighted by Gasteiger charge is -2.00. The number of hydrogen-bond acceptors (Lipinski definition) is 4. The first-order valence-electron chi connectivity index (χ1n) is 3.71. The molecule has 0 aliphatic heterocycles. The number of nitrogen functional groups attached to an aromatic ring is 1. The smallest absolute Gasteiger partial charge is 0.342 e. The van der Waals surface area contributed by atoms with Crippen molar-refractivity contribution >= 4 is 22.3 Å². The molecule has 0 aromatic carbocycles. The van der Waals surface area contributed by atoms with Crippen LogP contribution in [0.15, 0.2) is 5.38 Å². The van der Waals surface area contributed by atoms with E-state index in [0.29, 0.717) is 22.7 Å². The molecule has 0 aliphatic carbocycles. The Morgan fingerprint density at radius 2 is 2.54 bits per heavy atom. The number of carbonyl (C=O) groups excluding carboxylic acids is 1. The van der Waals surface area contributed by atoms with Crippen molar-refractivity contribution < 1.29 is 9.53 Å². The van der Waals surface area contributed by atoms with Crippen LogP contribution in [0, 0.1) is 12.3 Å². The Kier molecular flexibility index (Phi) is 2.93. The van der Waals surface area contributed by atoms with Gasteiger partial charge < -0.3 is 10.5 Å². The molecular weight excluding hydrogens is 186 g/mol. The lowest BCUT2D eigenvalue weighted by molar-refractivity contribution is 0.0528. The fourth-order valence-corrected chi connectivity index (χ4v) is 1.63. The Bertz CT molecular complexity index is 362. The van der Waals surface area contributed by atoms with Crippen molar-refractivity contribution in [3.8, 4) is 12.3 Å². The monoisotopic (exact) mass is 195 g/mol. The zero-order chi connectivity index (χ0) is 9.84. The van der Waals surface area contributed by atoms with Gasteiger partial charge in [-0.1, -0.05) is 5.92 Å². The van der Waals surface area contributed by atoms with Gasteiger partial charge in [-0.25, -0.2) is 4.79 Å². The Morgan fingerprint density at radius 3 is 3.08 bits per heavy atom. The number of nitrogens with two attached hydrogens (primary N) is 1. The maximum atomic E-state index is 11.3. The van der Waals surface area contributed by atoms with Crippen molar-refractivity contribution in [2.24, 2.45) is 0 Å². The van der Waals surface area contributed by atoms with E-state index in [1.165, 1.54) is 11.3 Å². The number of anilines is 1. The normalized spacial score (nSPS) is 9.23. The fourth-order valence-electron chi connectivity index (χ4n) is 0.893. The molecule has 1 aromatic rings. The van der Waals surface area contributed by atoms with Crippen LogP contribution < -0.4 is 5.73 Å². The Hall–Kier alpha value is -1.47. The molecule has 0 unspecified atom stereocenters. The first-order valence-corrected chi connectivity index (χ1v) is 4.59. The standard InChI is InChI=1S/C9H9NO2S/c1-3-6-5-13-8(10)7(6)9(11)12-4-2/h1,5H,4,10H2,2H3. The average Bonchev–Trinajstić information content (AvgIpc) is 2.47. The summed E-state index contributed by atoms with van der Waals surface area (Å²) in [4.78, 5) is 11.3. The van der Waals surface area contributed by atoms with E-state index >= 15 is 0 Å². The van der Waals surface area contributed by atoms with Gasteiger partial charge in [-0.2, -0.15) is 0 Å². The third kappa shape index (κ3) is 1.82. The highest BCUT2D eigenvalue weighted by atomic mass is 32.1. The molecule has 68 valence electrons. The Balaban J connectivity index is 3.05. The van der Waals surface area contributed by atoms with Crippen molar-refractivity contribution in [2.75, 3.05) is 12.3 Å². The second-order valence-corrected chi connectivity index (χ2v) is 3.16. The first-order chi connectivity index (χ1) is 6.20. The Labute approximate surface area is 80.5 Å². The summed E-state index contributed by atoms with van der Waals surface area (Å²) in [6.07, 6.45) is 5.19. The molecule has 4 heteroatoms. The number of ether oxygens (including phenoxy) is 1. The van der Waals surface area contributed by atoms with Gasteiger partial charge >= 0.3 is 5.97 Å². The van der Waals surface area contributed by atoms with Gasteiger partial charge in [-0.05, 0) is 6.92 Å². The van der Waals surface area contributed by atoms with Crippen LogP contribution in [-0.4, -0.2) is 12.6 Å². The van der Waals surface area contributed by atoms with Crippen molar-refractivity contribution in [3.05, 3.63) is 16.5 Å². The summed E-state index contributed by atoms with van der Waals surface area (Å²) in [7, 11) is 0. The topological polar surface area (TPSA) is 52.3 Å². The largest absolute Gasteiger partial charge is 0.462 e. The highest BCUT2D eigenvalue weighted by Crippen LogP contribution is 2.25. The summed E-state index contributed by atoms with van der Waals surface area (Å²) in [6, 6.07) is 0. The first kappa shape index (κ1) is 9.62. The lowest BCUT2D eigenvalue weighted by atomic mass is 10.2. The van der Waals surface area contributed by atoms with Gasteiger partial charge in [-0.3, -0.25) is 0 Å². The number of carbonyl (C=O) groups is 1. The zero-order valence-corrected chi connectivity index (χ0v) is 7.98. The summed E-state index contributed by atoms with van der Waals surface area (Å²) >= 11 is 1.24. The third-order valence-corrected chi connectivity index (χ3v) is 2.27. The van der Waals surface area contributed by atoms with Crippen LogP contribution in [0.25, 0.3) is 0 Å². The third-order valence-electron chi connectivity index (χ3n) is 1.45. The molecule has 0 saturated heterocycles. The average molecular weight is 195 g/mol. The van der Waals surface area contributed by atoms with Crippen molar-refractivity contribution in [1.82, 2.24) is 0 Å². The summed E-state index contributed by atoms with van der Waals surface area (Å²) in [5.41, 5.74) is 6.39. The van der Waals surface area contributed by atoms with E-state index in [4.69, 9.17) is 16.9 Å². The second kappa shape index (κ2) is 3.97. The maximum absolute atomic E-state index is 11.3. The minimum absolute atomic E-state index is 0.314. The highest BCUT2D eigenvalue weighted by molar-refractivity contribution is 7.14. The van der Waals surface area contributed by atoms with Gasteiger partial charge in [-0.15, -0.1) is 17.8 Å². The molecule has 0 fully saturated rings. The number of terminal acetylenes is 1. The van der Waals surface area contributed by atoms with E-state index in [0.717, 1.165) is 0 Å². The highest BCUT2D eigenvalue weighted by Gasteiger charge is 2.16. The molecule has 0 atom stereocenters. The van der Waals surface area contributed by atoms with Crippen LogP contribution in [0.2, 0.25) is 0 Å². The molecule has 1 aromatic heterocycles. The summed E-state index contributed by atoms with van der Waals surface area (Å²) in [6.45, 7) is 2.05. The quantitative estimate of drug-likeness (QED) is 0.574. The van der Waals surface area contributed by atoms with Crippen LogP contribution in [0.1, 0.15) is 22.8 Å². The molecule has 1 heterocycles. The molecule has 3 nitrogen and oxygen atoms in total. The molecule has 0 radical (unpaired) electrons. The predicted octanol–water partition coefficient (Wildman–Crippen LogP) is 1.49. The number of esters is 1. The van der Waals surface area contributed by atoms with Crippen LogP contribution in [0.4, 0.5) is 5.00 Å². The van der Waals surface area contributed by atoms with Crippen LogP contribution in [-0.2, 0) is 4.74 Å². The molecule has 0 bridgehead atoms. The predicted molar refractivity (Wildman–Crippen MR) is 52.6 cm³/mol. The van der Waals surface area contributed by atoms with Gasteiger partial charge in [0.25, 0.3) is 0 Å². The fraction of sp³-hybridized carbons (Fsp3) is 0.222. The van der Waals surface area contributed by atoms with Gasteiger partial charge in [0, 0.05) is 5.38 Å². The molecule has 2 N–H and O–H groups in total. The summed E-state index contributed by atoms with van der Waals surface area (Å²) in [5.74, 6) is 1.94. The molecule has 1 rings (SSSR count). The van der Waals surface area contributed by atoms with Gasteiger partial charge in [0.2, 0.25) is 0 Å². The summed E-state index contributed by atoms with van der Waals surface area (Å²) in [5, 5.41) is 2.08. The number of rotatable bonds is 2. The molecule has 0 aliphatic rings. The SMILES string of the molecule is C#Cc1csc(N)c1C(=O)OCC. The van der Waals surface area contributed by atoms with Crippen molar-refractivity contribution in [1.29, 1.82) is 0 Å². The van der Waals surface area contributed by atoms with Crippen molar-refractivity contribution in [3.63, 3.8) is 0 Å². The van der Waals surface area contributed by atoms with E-state index in [9.17, 15) is 4.79 Å². The van der Waals surface area contributed by atoms with E-state index in [1.54, 1.807) is 12.3 Å². The van der Waals surface area contributed by atoms with E-state index < -0.39 is 5.97 Å². The molecule has 0 saturated carbocycles. The van der Waals surface area contributed by atoms with Gasteiger partial charge in [0.15, 0.2) is 0 Å². The minimum atomic E-state index is -0.450. The molecule has 13 heavy (non-hydrogen) atoms. The lowest BCUT2D eigenvalue weighted by Crippen LogP contribution is -2.07.